The third-order valence-corrected chi connectivity index (χ3v) is 6.81. The number of hydrogen-bond donors (Lipinski definition) is 1. The van der Waals surface area contributed by atoms with E-state index in [1.54, 1.807) is 23.1 Å². The highest BCUT2D eigenvalue weighted by Crippen LogP contribution is 2.30. The summed E-state index contributed by atoms with van der Waals surface area (Å²) in [5.74, 6) is 0.595. The Morgan fingerprint density at radius 2 is 1.88 bits per heavy atom. The van der Waals surface area contributed by atoms with E-state index in [0.717, 1.165) is 44.1 Å². The van der Waals surface area contributed by atoms with Crippen LogP contribution in [0.2, 0.25) is 0 Å². The van der Waals surface area contributed by atoms with Crippen LogP contribution in [0.4, 0.5) is 0 Å². The Balaban J connectivity index is 1.33. The van der Waals surface area contributed by atoms with Crippen LogP contribution in [0.5, 0.6) is 5.88 Å². The number of methoxy groups -OCH3 is 1. The first-order valence-corrected chi connectivity index (χ1v) is 11.9. The van der Waals surface area contributed by atoms with Crippen molar-refractivity contribution in [1.82, 2.24) is 25.1 Å². The Labute approximate surface area is 197 Å². The van der Waals surface area contributed by atoms with Gasteiger partial charge < -0.3 is 10.1 Å². The van der Waals surface area contributed by atoms with E-state index in [2.05, 4.69) is 47.0 Å². The number of aromatic nitrogens is 4. The molecule has 7 nitrogen and oxygen atoms in total. The molecule has 0 bridgehead atoms. The molecule has 3 aromatic heterocycles. The maximum absolute atomic E-state index is 12.5. The third kappa shape index (κ3) is 4.90. The summed E-state index contributed by atoms with van der Waals surface area (Å²) in [5, 5.41) is 11.4. The molecule has 8 heteroatoms. The first-order chi connectivity index (χ1) is 15.9. The van der Waals surface area contributed by atoms with Gasteiger partial charge >= 0.3 is 0 Å². The standard InChI is InChI=1S/C25H29N5O2S/c1-15-6-8-18(9-7-15)25-28-19(14-33-25)12-13-26-21(31)11-10-20-16(2)22-23(27-17(20)3)30(4)29-24(22)32-5/h6-9,14H,10-13H2,1-5H3,(H,26,31). The minimum Gasteiger partial charge on any atom is -0.479 e. The fraction of sp³-hybridized carbons (Fsp3) is 0.360. The number of fused-ring (bicyclic) bond motifs is 1. The third-order valence-electron chi connectivity index (χ3n) is 5.87. The number of thiazole rings is 1. The first kappa shape index (κ1) is 22.9. The number of ether oxygens (including phenoxy) is 1. The molecule has 0 aliphatic heterocycles. The molecule has 0 fully saturated rings. The van der Waals surface area contributed by atoms with E-state index >= 15 is 0 Å². The highest BCUT2D eigenvalue weighted by Gasteiger charge is 2.18. The van der Waals surface area contributed by atoms with Crippen LogP contribution in [0.15, 0.2) is 29.6 Å². The summed E-state index contributed by atoms with van der Waals surface area (Å²) in [6.07, 6.45) is 1.74. The van der Waals surface area contributed by atoms with Crippen molar-refractivity contribution in [3.63, 3.8) is 0 Å². The zero-order valence-corrected chi connectivity index (χ0v) is 20.5. The van der Waals surface area contributed by atoms with E-state index in [0.29, 0.717) is 31.7 Å². The predicted octanol–water partition coefficient (Wildman–Crippen LogP) is 4.32. The molecule has 172 valence electrons. The van der Waals surface area contributed by atoms with Crippen LogP contribution in [-0.2, 0) is 24.7 Å². The molecule has 1 amide bonds. The van der Waals surface area contributed by atoms with E-state index in [-0.39, 0.29) is 5.91 Å². The highest BCUT2D eigenvalue weighted by atomic mass is 32.1. The van der Waals surface area contributed by atoms with Gasteiger partial charge in [-0.3, -0.25) is 4.79 Å². The number of benzene rings is 1. The minimum atomic E-state index is 0.0287. The quantitative estimate of drug-likeness (QED) is 0.421. The van der Waals surface area contributed by atoms with Gasteiger partial charge in [0, 0.05) is 43.1 Å². The summed E-state index contributed by atoms with van der Waals surface area (Å²) in [6.45, 7) is 6.67. The predicted molar refractivity (Wildman–Crippen MR) is 132 cm³/mol. The summed E-state index contributed by atoms with van der Waals surface area (Å²) < 4.78 is 7.15. The molecule has 1 N–H and O–H groups in total. The topological polar surface area (TPSA) is 81.9 Å². The van der Waals surface area contributed by atoms with Crippen LogP contribution in [0.1, 0.15) is 34.5 Å². The van der Waals surface area contributed by atoms with Gasteiger partial charge in [-0.2, -0.15) is 0 Å². The SMILES string of the molecule is COc1nn(C)c2nc(C)c(CCC(=O)NCCc3csc(-c4ccc(C)cc4)n3)c(C)c12. The molecule has 0 saturated heterocycles. The van der Waals surface area contributed by atoms with Crippen molar-refractivity contribution in [3.8, 4) is 16.5 Å². The molecular formula is C25H29N5O2S. The Kier molecular flexibility index (Phi) is 6.74. The zero-order valence-electron chi connectivity index (χ0n) is 19.7. The lowest BCUT2D eigenvalue weighted by Gasteiger charge is -2.11. The van der Waals surface area contributed by atoms with Crippen molar-refractivity contribution < 1.29 is 9.53 Å². The molecule has 0 unspecified atom stereocenters. The van der Waals surface area contributed by atoms with Gasteiger partial charge in [0.1, 0.15) is 5.01 Å². The number of rotatable bonds is 8. The molecule has 33 heavy (non-hydrogen) atoms. The van der Waals surface area contributed by atoms with Crippen LogP contribution < -0.4 is 10.1 Å². The molecule has 0 spiro atoms. The number of aryl methyl sites for hydroxylation is 4. The van der Waals surface area contributed by atoms with E-state index in [4.69, 9.17) is 14.7 Å². The second-order valence-corrected chi connectivity index (χ2v) is 9.10. The normalized spacial score (nSPS) is 11.2. The Hall–Kier alpha value is -3.26. The first-order valence-electron chi connectivity index (χ1n) is 11.0. The van der Waals surface area contributed by atoms with Crippen molar-refractivity contribution in [2.75, 3.05) is 13.7 Å². The molecule has 4 aromatic rings. The Morgan fingerprint density at radius 1 is 1.12 bits per heavy atom. The second kappa shape index (κ2) is 9.70. The summed E-state index contributed by atoms with van der Waals surface area (Å²) in [5.41, 5.74) is 7.22. The van der Waals surface area contributed by atoms with Gasteiger partial charge in [0.2, 0.25) is 11.8 Å². The lowest BCUT2D eigenvalue weighted by molar-refractivity contribution is -0.121. The summed E-state index contributed by atoms with van der Waals surface area (Å²) in [4.78, 5) is 21.9. The maximum Gasteiger partial charge on any atom is 0.242 e. The Morgan fingerprint density at radius 3 is 2.61 bits per heavy atom. The smallest absolute Gasteiger partial charge is 0.242 e. The van der Waals surface area contributed by atoms with Crippen LogP contribution in [0.3, 0.4) is 0 Å². The van der Waals surface area contributed by atoms with Crippen molar-refractivity contribution in [2.45, 2.75) is 40.0 Å². The van der Waals surface area contributed by atoms with Crippen LogP contribution in [0.25, 0.3) is 21.6 Å². The molecular weight excluding hydrogens is 434 g/mol. The minimum absolute atomic E-state index is 0.0287. The second-order valence-electron chi connectivity index (χ2n) is 8.24. The average Bonchev–Trinajstić information content (AvgIpc) is 3.38. The van der Waals surface area contributed by atoms with E-state index in [1.807, 2.05) is 20.9 Å². The molecule has 0 atom stereocenters. The number of pyridine rings is 1. The molecule has 0 aliphatic carbocycles. The lowest BCUT2D eigenvalue weighted by Crippen LogP contribution is -2.26. The molecule has 1 aromatic carbocycles. The fourth-order valence-electron chi connectivity index (χ4n) is 4.01. The van der Waals surface area contributed by atoms with Gasteiger partial charge in [-0.05, 0) is 38.3 Å². The van der Waals surface area contributed by atoms with Crippen LogP contribution in [-0.4, -0.2) is 39.3 Å². The van der Waals surface area contributed by atoms with Gasteiger partial charge in [-0.1, -0.05) is 29.8 Å². The molecule has 0 aliphatic rings. The zero-order chi connectivity index (χ0) is 23.5. The molecule has 0 radical (unpaired) electrons. The number of hydrogen-bond acceptors (Lipinski definition) is 6. The number of amides is 1. The van der Waals surface area contributed by atoms with E-state index in [9.17, 15) is 4.79 Å². The van der Waals surface area contributed by atoms with Crippen molar-refractivity contribution >= 4 is 28.3 Å². The summed E-state index contributed by atoms with van der Waals surface area (Å²) in [6, 6.07) is 8.38. The lowest BCUT2D eigenvalue weighted by atomic mass is 10.00. The molecule has 0 saturated carbocycles. The highest BCUT2D eigenvalue weighted by molar-refractivity contribution is 7.13. The van der Waals surface area contributed by atoms with Crippen LogP contribution in [0, 0.1) is 20.8 Å². The van der Waals surface area contributed by atoms with Gasteiger partial charge in [0.05, 0.1) is 18.2 Å². The Bertz CT molecular complexity index is 1290. The van der Waals surface area contributed by atoms with Gasteiger partial charge in [-0.25, -0.2) is 14.6 Å². The van der Waals surface area contributed by atoms with Crippen molar-refractivity contribution in [2.24, 2.45) is 7.05 Å². The monoisotopic (exact) mass is 463 g/mol. The van der Waals surface area contributed by atoms with Gasteiger partial charge in [0.25, 0.3) is 0 Å². The molecule has 4 rings (SSSR count). The average molecular weight is 464 g/mol. The summed E-state index contributed by atoms with van der Waals surface area (Å²) >= 11 is 1.64. The number of carbonyl (C=O) groups is 1. The number of carbonyl (C=O) groups excluding carboxylic acids is 1. The summed E-state index contributed by atoms with van der Waals surface area (Å²) in [7, 11) is 3.47. The van der Waals surface area contributed by atoms with Crippen LogP contribution >= 0.6 is 11.3 Å². The molecule has 3 heterocycles. The van der Waals surface area contributed by atoms with E-state index in [1.165, 1.54) is 5.56 Å². The largest absolute Gasteiger partial charge is 0.479 e. The van der Waals surface area contributed by atoms with Crippen molar-refractivity contribution in [3.05, 3.63) is 57.7 Å². The maximum atomic E-state index is 12.5. The van der Waals surface area contributed by atoms with Crippen molar-refractivity contribution in [1.29, 1.82) is 0 Å². The van der Waals surface area contributed by atoms with Gasteiger partial charge in [-0.15, -0.1) is 16.4 Å². The fourth-order valence-corrected chi connectivity index (χ4v) is 4.88. The number of nitrogens with one attached hydrogen (secondary N) is 1. The van der Waals surface area contributed by atoms with Gasteiger partial charge in [0.15, 0.2) is 5.65 Å². The van der Waals surface area contributed by atoms with E-state index < -0.39 is 0 Å². The number of nitrogens with zero attached hydrogens (tertiary/aromatic N) is 4.